The lowest BCUT2D eigenvalue weighted by Crippen LogP contribution is -2.38. The molecule has 0 bridgehead atoms. The van der Waals surface area contributed by atoms with Gasteiger partial charge in [-0.1, -0.05) is 34.5 Å². The molecule has 3 rings (SSSR count). The van der Waals surface area contributed by atoms with Gasteiger partial charge in [0.15, 0.2) is 0 Å². The molecule has 1 saturated carbocycles. The number of nitrogens with zero attached hydrogens (tertiary/aromatic N) is 1. The number of likely N-dealkylation sites (tertiary alicyclic amines) is 1. The van der Waals surface area contributed by atoms with Crippen molar-refractivity contribution < 1.29 is 5.11 Å². The van der Waals surface area contributed by atoms with Gasteiger partial charge in [0.25, 0.3) is 0 Å². The van der Waals surface area contributed by atoms with Crippen LogP contribution in [0, 0.1) is 5.92 Å². The number of hydrogen-bond acceptors (Lipinski definition) is 2. The summed E-state index contributed by atoms with van der Waals surface area (Å²) in [4.78, 5) is 2.58. The van der Waals surface area contributed by atoms with Crippen molar-refractivity contribution in [2.45, 2.75) is 50.8 Å². The molecular weight excluding hydrogens is 302 g/mol. The highest BCUT2D eigenvalue weighted by Gasteiger charge is 2.37. The van der Waals surface area contributed by atoms with Crippen LogP contribution in [-0.2, 0) is 6.54 Å². The summed E-state index contributed by atoms with van der Waals surface area (Å²) < 4.78 is 1.15. The van der Waals surface area contributed by atoms with Crippen LogP contribution in [0.3, 0.4) is 0 Å². The fourth-order valence-corrected chi connectivity index (χ4v) is 4.27. The molecule has 19 heavy (non-hydrogen) atoms. The third kappa shape index (κ3) is 3.04. The Morgan fingerprint density at radius 1 is 1.21 bits per heavy atom. The molecule has 0 spiro atoms. The van der Waals surface area contributed by atoms with Crippen LogP contribution in [0.25, 0.3) is 0 Å². The third-order valence-corrected chi connectivity index (χ3v) is 5.21. The quantitative estimate of drug-likeness (QED) is 0.919. The summed E-state index contributed by atoms with van der Waals surface area (Å²) in [7, 11) is 0. The van der Waals surface area contributed by atoms with Crippen LogP contribution < -0.4 is 0 Å². The Bertz CT molecular complexity index is 437. The van der Waals surface area contributed by atoms with E-state index in [0.717, 1.165) is 17.4 Å². The second-order valence-corrected chi connectivity index (χ2v) is 6.89. The van der Waals surface area contributed by atoms with Crippen LogP contribution in [0.1, 0.15) is 37.7 Å². The van der Waals surface area contributed by atoms with Crippen molar-refractivity contribution >= 4 is 15.9 Å². The zero-order chi connectivity index (χ0) is 13.2. The lowest BCUT2D eigenvalue weighted by atomic mass is 9.94. The molecule has 1 aromatic carbocycles. The van der Waals surface area contributed by atoms with Crippen molar-refractivity contribution in [1.82, 2.24) is 4.90 Å². The molecule has 1 saturated heterocycles. The Labute approximate surface area is 123 Å². The Morgan fingerprint density at radius 3 is 2.84 bits per heavy atom. The van der Waals surface area contributed by atoms with Crippen molar-refractivity contribution in [3.8, 4) is 0 Å². The minimum absolute atomic E-state index is 0.0619. The highest BCUT2D eigenvalue weighted by molar-refractivity contribution is 9.10. The van der Waals surface area contributed by atoms with E-state index in [4.69, 9.17) is 0 Å². The number of hydrogen-bond donors (Lipinski definition) is 1. The van der Waals surface area contributed by atoms with Crippen LogP contribution in [0.5, 0.6) is 0 Å². The summed E-state index contributed by atoms with van der Waals surface area (Å²) in [6.45, 7) is 2.20. The average molecular weight is 324 g/mol. The number of benzene rings is 1. The van der Waals surface area contributed by atoms with Gasteiger partial charge in [0.1, 0.15) is 0 Å². The Balaban J connectivity index is 1.69. The first-order valence-electron chi connectivity index (χ1n) is 7.40. The maximum Gasteiger partial charge on any atom is 0.0583 e. The van der Waals surface area contributed by atoms with E-state index in [9.17, 15) is 5.11 Å². The molecule has 2 nitrogen and oxygen atoms in total. The highest BCUT2D eigenvalue weighted by Crippen LogP contribution is 2.36. The van der Waals surface area contributed by atoms with Crippen LogP contribution >= 0.6 is 15.9 Å². The lowest BCUT2D eigenvalue weighted by molar-refractivity contribution is 0.0719. The number of aliphatic hydroxyl groups excluding tert-OH is 1. The smallest absolute Gasteiger partial charge is 0.0583 e. The van der Waals surface area contributed by atoms with Gasteiger partial charge in [0, 0.05) is 23.0 Å². The first-order chi connectivity index (χ1) is 9.24. The van der Waals surface area contributed by atoms with E-state index in [1.54, 1.807) is 0 Å². The molecule has 3 heteroatoms. The van der Waals surface area contributed by atoms with E-state index < -0.39 is 0 Å². The van der Waals surface area contributed by atoms with Crippen molar-refractivity contribution in [1.29, 1.82) is 0 Å². The van der Waals surface area contributed by atoms with Crippen molar-refractivity contribution in [3.63, 3.8) is 0 Å². The average Bonchev–Trinajstić information content (AvgIpc) is 2.98. The normalized spacial score (nSPS) is 32.0. The molecule has 0 amide bonds. The summed E-state index contributed by atoms with van der Waals surface area (Å²) in [6, 6.07) is 9.18. The first kappa shape index (κ1) is 13.6. The van der Waals surface area contributed by atoms with E-state index in [-0.39, 0.29) is 6.10 Å². The van der Waals surface area contributed by atoms with Gasteiger partial charge in [-0.05, 0) is 49.9 Å². The van der Waals surface area contributed by atoms with Crippen LogP contribution in [0.4, 0.5) is 0 Å². The van der Waals surface area contributed by atoms with Gasteiger partial charge in [-0.2, -0.15) is 0 Å². The van der Waals surface area contributed by atoms with Crippen LogP contribution in [-0.4, -0.2) is 28.7 Å². The molecule has 2 aliphatic rings. The maximum absolute atomic E-state index is 10.1. The van der Waals surface area contributed by atoms with Gasteiger partial charge in [-0.15, -0.1) is 0 Å². The summed E-state index contributed by atoms with van der Waals surface area (Å²) in [6.07, 6.45) is 5.89. The molecule has 1 aliphatic heterocycles. The van der Waals surface area contributed by atoms with E-state index in [0.29, 0.717) is 12.0 Å². The van der Waals surface area contributed by atoms with E-state index in [1.165, 1.54) is 37.8 Å². The summed E-state index contributed by atoms with van der Waals surface area (Å²) in [5.74, 6) is 0.509. The van der Waals surface area contributed by atoms with E-state index in [2.05, 4.69) is 45.1 Å². The van der Waals surface area contributed by atoms with Gasteiger partial charge in [0.05, 0.1) is 6.10 Å². The number of aliphatic hydroxyl groups is 1. The molecule has 1 aliphatic carbocycles. The number of halogens is 1. The van der Waals surface area contributed by atoms with Crippen LogP contribution in [0.2, 0.25) is 0 Å². The van der Waals surface area contributed by atoms with Gasteiger partial charge < -0.3 is 5.11 Å². The van der Waals surface area contributed by atoms with Crippen molar-refractivity contribution in [3.05, 3.63) is 34.3 Å². The first-order valence-corrected chi connectivity index (χ1v) is 8.20. The fourth-order valence-electron chi connectivity index (χ4n) is 3.82. The zero-order valence-electron chi connectivity index (χ0n) is 11.3. The minimum atomic E-state index is -0.0619. The standard InChI is InChI=1S/C16H22BrNO/c17-13-5-1-4-12(10-13)11-18-9-3-7-15(18)14-6-2-8-16(14)19/h1,4-5,10,14-16,19H,2-3,6-9,11H2. The SMILES string of the molecule is OC1CCCC1C1CCCN1Cc1cccc(Br)c1. The Kier molecular flexibility index (Phi) is 4.25. The molecule has 1 aromatic rings. The molecule has 3 unspecified atom stereocenters. The lowest BCUT2D eigenvalue weighted by Gasteiger charge is -2.31. The second kappa shape index (κ2) is 5.94. The maximum atomic E-state index is 10.1. The summed E-state index contributed by atoms with van der Waals surface area (Å²) in [5.41, 5.74) is 1.37. The molecular formula is C16H22BrNO. The van der Waals surface area contributed by atoms with Gasteiger partial charge in [-0.25, -0.2) is 0 Å². The summed E-state index contributed by atoms with van der Waals surface area (Å²) >= 11 is 3.54. The zero-order valence-corrected chi connectivity index (χ0v) is 12.8. The Morgan fingerprint density at radius 2 is 2.11 bits per heavy atom. The van der Waals surface area contributed by atoms with Crippen molar-refractivity contribution in [2.24, 2.45) is 5.92 Å². The van der Waals surface area contributed by atoms with Gasteiger partial charge >= 0.3 is 0 Å². The second-order valence-electron chi connectivity index (χ2n) is 5.97. The highest BCUT2D eigenvalue weighted by atomic mass is 79.9. The summed E-state index contributed by atoms with van der Waals surface area (Å²) in [5, 5.41) is 10.1. The molecule has 1 N–H and O–H groups in total. The molecule has 3 atom stereocenters. The largest absolute Gasteiger partial charge is 0.393 e. The molecule has 0 aromatic heterocycles. The monoisotopic (exact) mass is 323 g/mol. The number of rotatable bonds is 3. The molecule has 104 valence electrons. The molecule has 0 radical (unpaired) electrons. The van der Waals surface area contributed by atoms with Crippen LogP contribution in [0.15, 0.2) is 28.7 Å². The van der Waals surface area contributed by atoms with Crippen molar-refractivity contribution in [2.75, 3.05) is 6.54 Å². The minimum Gasteiger partial charge on any atom is -0.393 e. The Hall–Kier alpha value is -0.380. The van der Waals surface area contributed by atoms with E-state index in [1.807, 2.05) is 0 Å². The topological polar surface area (TPSA) is 23.5 Å². The third-order valence-electron chi connectivity index (χ3n) is 4.71. The predicted octanol–water partition coefficient (Wildman–Crippen LogP) is 3.57. The van der Waals surface area contributed by atoms with E-state index >= 15 is 0 Å². The fraction of sp³-hybridized carbons (Fsp3) is 0.625. The predicted molar refractivity (Wildman–Crippen MR) is 80.9 cm³/mol. The van der Waals surface area contributed by atoms with Gasteiger partial charge in [0.2, 0.25) is 0 Å². The molecule has 1 heterocycles. The van der Waals surface area contributed by atoms with Gasteiger partial charge in [-0.3, -0.25) is 4.90 Å². The molecule has 2 fully saturated rings.